The summed E-state index contributed by atoms with van der Waals surface area (Å²) in [6.45, 7) is 10.1. The first-order valence-electron chi connectivity index (χ1n) is 7.80. The van der Waals surface area contributed by atoms with Crippen molar-refractivity contribution in [3.8, 4) is 0 Å². The van der Waals surface area contributed by atoms with E-state index in [0.29, 0.717) is 12.1 Å². The molecule has 1 fully saturated rings. The molecule has 2 atom stereocenters. The second kappa shape index (κ2) is 7.44. The molecule has 0 aromatic heterocycles. The summed E-state index contributed by atoms with van der Waals surface area (Å²) in [4.78, 5) is 2.62. The molecule has 20 heavy (non-hydrogen) atoms. The highest BCUT2D eigenvalue weighted by Crippen LogP contribution is 2.19. The molecule has 0 bridgehead atoms. The van der Waals surface area contributed by atoms with Crippen LogP contribution in [-0.4, -0.2) is 30.1 Å². The van der Waals surface area contributed by atoms with Gasteiger partial charge in [0.1, 0.15) is 0 Å². The van der Waals surface area contributed by atoms with Gasteiger partial charge in [-0.1, -0.05) is 44.5 Å². The lowest BCUT2D eigenvalue weighted by molar-refractivity contribution is 0.111. The van der Waals surface area contributed by atoms with Crippen molar-refractivity contribution in [2.24, 2.45) is 5.92 Å². The third kappa shape index (κ3) is 4.47. The molecular formula is C17H27ClN2. The van der Waals surface area contributed by atoms with E-state index in [0.717, 1.165) is 30.6 Å². The molecule has 112 valence electrons. The minimum absolute atomic E-state index is 0.622. The fourth-order valence-electron chi connectivity index (χ4n) is 3.12. The maximum atomic E-state index is 6.10. The number of piperazine rings is 1. The van der Waals surface area contributed by atoms with Crippen molar-refractivity contribution in [3.05, 3.63) is 34.9 Å². The van der Waals surface area contributed by atoms with Crippen molar-refractivity contribution >= 4 is 11.6 Å². The van der Waals surface area contributed by atoms with E-state index in [1.54, 1.807) is 0 Å². The molecule has 1 saturated heterocycles. The Hall–Kier alpha value is -0.570. The van der Waals surface area contributed by atoms with Gasteiger partial charge in [-0.05, 0) is 36.5 Å². The molecule has 1 aromatic rings. The molecule has 0 saturated carbocycles. The number of rotatable bonds is 5. The smallest absolute Gasteiger partial charge is 0.0409 e. The molecule has 2 rings (SSSR count). The van der Waals surface area contributed by atoms with E-state index >= 15 is 0 Å². The van der Waals surface area contributed by atoms with Crippen LogP contribution in [0.15, 0.2) is 24.3 Å². The van der Waals surface area contributed by atoms with Gasteiger partial charge in [-0.2, -0.15) is 0 Å². The molecule has 2 unspecified atom stereocenters. The molecule has 1 aliphatic heterocycles. The van der Waals surface area contributed by atoms with Crippen LogP contribution in [0.3, 0.4) is 0 Å². The summed E-state index contributed by atoms with van der Waals surface area (Å²) in [5, 5.41) is 4.55. The summed E-state index contributed by atoms with van der Waals surface area (Å²) < 4.78 is 0. The number of hydrogen-bond acceptors (Lipinski definition) is 2. The van der Waals surface area contributed by atoms with E-state index in [-0.39, 0.29) is 0 Å². The monoisotopic (exact) mass is 294 g/mol. The third-order valence-corrected chi connectivity index (χ3v) is 4.35. The number of hydrogen-bond donors (Lipinski definition) is 1. The van der Waals surface area contributed by atoms with Crippen molar-refractivity contribution in [1.29, 1.82) is 0 Å². The first-order valence-corrected chi connectivity index (χ1v) is 8.18. The van der Waals surface area contributed by atoms with Crippen molar-refractivity contribution in [2.45, 2.75) is 52.2 Å². The maximum absolute atomic E-state index is 6.10. The Morgan fingerprint density at radius 3 is 2.85 bits per heavy atom. The second-order valence-electron chi connectivity index (χ2n) is 6.36. The average Bonchev–Trinajstić information content (AvgIpc) is 2.38. The Morgan fingerprint density at radius 1 is 1.40 bits per heavy atom. The second-order valence-corrected chi connectivity index (χ2v) is 6.79. The highest BCUT2D eigenvalue weighted by molar-refractivity contribution is 6.30. The topological polar surface area (TPSA) is 15.3 Å². The molecule has 0 spiro atoms. The van der Waals surface area contributed by atoms with Gasteiger partial charge < -0.3 is 5.32 Å². The Kier molecular flexibility index (Phi) is 5.88. The zero-order chi connectivity index (χ0) is 14.5. The molecule has 1 aliphatic rings. The molecule has 1 N–H and O–H groups in total. The predicted molar refractivity (Wildman–Crippen MR) is 87.2 cm³/mol. The fraction of sp³-hybridized carbons (Fsp3) is 0.647. The Labute approximate surface area is 128 Å². The summed E-state index contributed by atoms with van der Waals surface area (Å²) >= 11 is 6.10. The van der Waals surface area contributed by atoms with Crippen LogP contribution in [0.5, 0.6) is 0 Å². The van der Waals surface area contributed by atoms with Crippen molar-refractivity contribution in [3.63, 3.8) is 0 Å². The first-order chi connectivity index (χ1) is 9.58. The summed E-state index contributed by atoms with van der Waals surface area (Å²) in [6.07, 6.45) is 2.45. The minimum atomic E-state index is 0.622. The van der Waals surface area contributed by atoms with Gasteiger partial charge in [0.2, 0.25) is 0 Å². The largest absolute Gasteiger partial charge is 0.311 e. The minimum Gasteiger partial charge on any atom is -0.311 e. The van der Waals surface area contributed by atoms with Crippen LogP contribution >= 0.6 is 11.6 Å². The quantitative estimate of drug-likeness (QED) is 0.885. The van der Waals surface area contributed by atoms with E-state index in [9.17, 15) is 0 Å². The lowest BCUT2D eigenvalue weighted by Crippen LogP contribution is -2.56. The lowest BCUT2D eigenvalue weighted by Gasteiger charge is -2.40. The number of nitrogens with zero attached hydrogens (tertiary/aromatic N) is 1. The molecule has 1 heterocycles. The summed E-state index contributed by atoms with van der Waals surface area (Å²) in [6, 6.07) is 9.52. The van der Waals surface area contributed by atoms with Crippen LogP contribution in [-0.2, 0) is 6.54 Å². The van der Waals surface area contributed by atoms with Gasteiger partial charge in [0, 0.05) is 36.7 Å². The normalized spacial score (nSPS) is 24.2. The molecule has 2 nitrogen and oxygen atoms in total. The summed E-state index contributed by atoms with van der Waals surface area (Å²) in [7, 11) is 0. The van der Waals surface area contributed by atoms with Gasteiger partial charge in [-0.25, -0.2) is 0 Å². The van der Waals surface area contributed by atoms with Crippen molar-refractivity contribution < 1.29 is 0 Å². The SMILES string of the molecule is CCC1CNC(CC(C)C)CN1Cc1cccc(Cl)c1. The van der Waals surface area contributed by atoms with E-state index in [1.807, 2.05) is 12.1 Å². The van der Waals surface area contributed by atoms with Crippen LogP contribution in [0, 0.1) is 5.92 Å². The first kappa shape index (κ1) is 15.8. The highest BCUT2D eigenvalue weighted by Gasteiger charge is 2.26. The summed E-state index contributed by atoms with van der Waals surface area (Å²) in [5.41, 5.74) is 1.32. The van der Waals surface area contributed by atoms with Crippen molar-refractivity contribution in [2.75, 3.05) is 13.1 Å². The van der Waals surface area contributed by atoms with Crippen LogP contribution in [0.4, 0.5) is 0 Å². The van der Waals surface area contributed by atoms with Gasteiger partial charge >= 0.3 is 0 Å². The van der Waals surface area contributed by atoms with Gasteiger partial charge in [0.05, 0.1) is 0 Å². The zero-order valence-electron chi connectivity index (χ0n) is 12.9. The van der Waals surface area contributed by atoms with E-state index < -0.39 is 0 Å². The Balaban J connectivity index is 2.01. The van der Waals surface area contributed by atoms with Gasteiger partial charge in [-0.3, -0.25) is 4.90 Å². The van der Waals surface area contributed by atoms with Crippen molar-refractivity contribution in [1.82, 2.24) is 10.2 Å². The molecule has 1 aromatic carbocycles. The molecule has 0 radical (unpaired) electrons. The van der Waals surface area contributed by atoms with Gasteiger partial charge in [-0.15, -0.1) is 0 Å². The van der Waals surface area contributed by atoms with E-state index in [2.05, 4.69) is 43.1 Å². The standard InChI is InChI=1S/C17H27ClN2/c1-4-17-10-19-16(8-13(2)3)12-20(17)11-14-6-5-7-15(18)9-14/h5-7,9,13,16-17,19H,4,8,10-12H2,1-3H3. The molecule has 3 heteroatoms. The van der Waals surface area contributed by atoms with Crippen LogP contribution in [0.2, 0.25) is 5.02 Å². The lowest BCUT2D eigenvalue weighted by atomic mass is 9.98. The third-order valence-electron chi connectivity index (χ3n) is 4.12. The zero-order valence-corrected chi connectivity index (χ0v) is 13.7. The van der Waals surface area contributed by atoms with E-state index in [4.69, 9.17) is 11.6 Å². The number of nitrogens with one attached hydrogen (secondary N) is 1. The Morgan fingerprint density at radius 2 is 2.20 bits per heavy atom. The number of halogens is 1. The number of benzene rings is 1. The van der Waals surface area contributed by atoms with E-state index in [1.165, 1.54) is 18.4 Å². The van der Waals surface area contributed by atoms with Gasteiger partial charge in [0.15, 0.2) is 0 Å². The molecular weight excluding hydrogens is 268 g/mol. The maximum Gasteiger partial charge on any atom is 0.0409 e. The molecule has 0 amide bonds. The van der Waals surface area contributed by atoms with Crippen LogP contribution < -0.4 is 5.32 Å². The molecule has 0 aliphatic carbocycles. The predicted octanol–water partition coefficient (Wildman–Crippen LogP) is 3.94. The fourth-order valence-corrected chi connectivity index (χ4v) is 3.33. The summed E-state index contributed by atoms with van der Waals surface area (Å²) in [5.74, 6) is 0.749. The van der Waals surface area contributed by atoms with Gasteiger partial charge in [0.25, 0.3) is 0 Å². The average molecular weight is 295 g/mol. The van der Waals surface area contributed by atoms with Crippen LogP contribution in [0.25, 0.3) is 0 Å². The Bertz CT molecular complexity index is 419. The highest BCUT2D eigenvalue weighted by atomic mass is 35.5. The van der Waals surface area contributed by atoms with Crippen LogP contribution in [0.1, 0.15) is 39.2 Å².